The van der Waals surface area contributed by atoms with E-state index in [2.05, 4.69) is 21.5 Å². The fourth-order valence-corrected chi connectivity index (χ4v) is 3.12. The molecule has 0 aliphatic heterocycles. The second-order valence-corrected chi connectivity index (χ2v) is 6.76. The van der Waals surface area contributed by atoms with Crippen molar-refractivity contribution in [3.63, 3.8) is 0 Å². The van der Waals surface area contributed by atoms with Gasteiger partial charge in [0.15, 0.2) is 5.82 Å². The number of aromatic nitrogens is 3. The van der Waals surface area contributed by atoms with Gasteiger partial charge in [-0.2, -0.15) is 15.0 Å². The van der Waals surface area contributed by atoms with Crippen LogP contribution in [0.15, 0.2) is 42.7 Å². The second kappa shape index (κ2) is 10.5. The predicted octanol–water partition coefficient (Wildman–Crippen LogP) is 2.78. The molecule has 0 aliphatic rings. The quantitative estimate of drug-likeness (QED) is 0.498. The molecule has 0 saturated carbocycles. The summed E-state index contributed by atoms with van der Waals surface area (Å²) in [6, 6.07) is 11.1. The summed E-state index contributed by atoms with van der Waals surface area (Å²) in [6.07, 6.45) is 4.30. The Kier molecular flexibility index (Phi) is 7.51. The first-order valence-corrected chi connectivity index (χ1v) is 9.62. The molecule has 2 heterocycles. The molecule has 8 heteroatoms. The van der Waals surface area contributed by atoms with Crippen molar-refractivity contribution >= 4 is 0 Å². The molecule has 156 valence electrons. The normalized spacial score (nSPS) is 10.8. The van der Waals surface area contributed by atoms with Crippen molar-refractivity contribution in [3.8, 4) is 28.9 Å². The van der Waals surface area contributed by atoms with Crippen molar-refractivity contribution < 1.29 is 14.6 Å². The van der Waals surface area contributed by atoms with Gasteiger partial charge in [-0.3, -0.25) is 0 Å². The summed E-state index contributed by atoms with van der Waals surface area (Å²) in [4.78, 5) is 4.43. The summed E-state index contributed by atoms with van der Waals surface area (Å²) in [5.74, 6) is 0.499. The minimum Gasteiger partial charge on any atom is -0.493 e. The lowest BCUT2D eigenvalue weighted by Gasteiger charge is -2.09. The third-order valence-electron chi connectivity index (χ3n) is 4.63. The molecular formula is C22H25N5O3. The smallest absolute Gasteiger partial charge is 0.223 e. The molecule has 0 amide bonds. The average Bonchev–Trinajstić information content (AvgIpc) is 3.15. The molecule has 0 atom stereocenters. The van der Waals surface area contributed by atoms with Gasteiger partial charge in [0.05, 0.1) is 30.0 Å². The molecule has 0 saturated heterocycles. The maximum atomic E-state index is 10.8. The van der Waals surface area contributed by atoms with Gasteiger partial charge in [-0.15, -0.1) is 0 Å². The van der Waals surface area contributed by atoms with Crippen LogP contribution < -0.4 is 5.32 Å². The molecule has 0 bridgehead atoms. The van der Waals surface area contributed by atoms with Gasteiger partial charge in [-0.25, -0.2) is 4.98 Å². The van der Waals surface area contributed by atoms with E-state index in [9.17, 15) is 5.11 Å². The number of pyridine rings is 1. The number of nitriles is 1. The molecular weight excluding hydrogens is 382 g/mol. The minimum atomic E-state index is -0.0185. The fraction of sp³-hybridized carbons (Fsp3) is 0.318. The zero-order chi connectivity index (χ0) is 21.3. The molecule has 2 aromatic heterocycles. The van der Waals surface area contributed by atoms with Crippen LogP contribution in [0.1, 0.15) is 23.1 Å². The van der Waals surface area contributed by atoms with Crippen LogP contribution in [0.4, 0.5) is 0 Å². The third-order valence-corrected chi connectivity index (χ3v) is 4.63. The van der Waals surface area contributed by atoms with E-state index in [1.54, 1.807) is 44.8 Å². The van der Waals surface area contributed by atoms with Crippen molar-refractivity contribution in [2.75, 3.05) is 27.4 Å². The zero-order valence-corrected chi connectivity index (χ0v) is 17.1. The van der Waals surface area contributed by atoms with Gasteiger partial charge < -0.3 is 19.9 Å². The Labute approximate surface area is 175 Å². The number of hydrogen-bond acceptors (Lipinski definition) is 7. The summed E-state index contributed by atoms with van der Waals surface area (Å²) >= 11 is 0. The topological polar surface area (TPSA) is 105 Å². The molecule has 3 aromatic rings. The highest BCUT2D eigenvalue weighted by Gasteiger charge is 2.17. The van der Waals surface area contributed by atoms with Crippen LogP contribution >= 0.6 is 0 Å². The Balaban J connectivity index is 1.78. The molecule has 2 N–H and O–H groups in total. The van der Waals surface area contributed by atoms with Gasteiger partial charge in [0, 0.05) is 33.6 Å². The van der Waals surface area contributed by atoms with Gasteiger partial charge in [0.25, 0.3) is 0 Å². The number of benzene rings is 1. The lowest BCUT2D eigenvalue weighted by Crippen LogP contribution is -2.16. The van der Waals surface area contributed by atoms with Crippen molar-refractivity contribution in [1.82, 2.24) is 20.1 Å². The van der Waals surface area contributed by atoms with Crippen LogP contribution in [-0.4, -0.2) is 47.2 Å². The standard InChI is InChI=1S/C22H25N5O3/c1-29-9-3-8-24-12-17-5-7-21(25-13-17)27-22(28)20(14-26-27)19-6-4-16(11-23)10-18(19)15-30-2/h4-7,10,13-14,24,28H,3,8-9,12,15H2,1-2H3. The van der Waals surface area contributed by atoms with E-state index >= 15 is 0 Å². The van der Waals surface area contributed by atoms with E-state index in [4.69, 9.17) is 14.7 Å². The molecule has 8 nitrogen and oxygen atoms in total. The highest BCUT2D eigenvalue weighted by Crippen LogP contribution is 2.33. The van der Waals surface area contributed by atoms with Crippen molar-refractivity contribution in [1.29, 1.82) is 5.26 Å². The van der Waals surface area contributed by atoms with Crippen molar-refractivity contribution in [2.45, 2.75) is 19.6 Å². The molecule has 0 unspecified atom stereocenters. The van der Waals surface area contributed by atoms with Crippen LogP contribution in [0.25, 0.3) is 16.9 Å². The Morgan fingerprint density at radius 3 is 2.70 bits per heavy atom. The molecule has 0 radical (unpaired) electrons. The highest BCUT2D eigenvalue weighted by atomic mass is 16.5. The number of nitrogens with one attached hydrogen (secondary N) is 1. The Morgan fingerprint density at radius 2 is 2.00 bits per heavy atom. The van der Waals surface area contributed by atoms with Crippen LogP contribution in [0.2, 0.25) is 0 Å². The lowest BCUT2D eigenvalue weighted by atomic mass is 10.00. The largest absolute Gasteiger partial charge is 0.493 e. The molecule has 0 fully saturated rings. The first kappa shape index (κ1) is 21.5. The van der Waals surface area contributed by atoms with E-state index in [0.717, 1.165) is 36.3 Å². The number of nitrogens with zero attached hydrogens (tertiary/aromatic N) is 4. The van der Waals surface area contributed by atoms with E-state index in [1.807, 2.05) is 12.1 Å². The number of rotatable bonds is 10. The monoisotopic (exact) mass is 407 g/mol. The first-order chi connectivity index (χ1) is 14.7. The van der Waals surface area contributed by atoms with Crippen molar-refractivity contribution in [3.05, 3.63) is 59.4 Å². The summed E-state index contributed by atoms with van der Waals surface area (Å²) in [6.45, 7) is 2.63. The number of ether oxygens (including phenoxy) is 2. The predicted molar refractivity (Wildman–Crippen MR) is 112 cm³/mol. The zero-order valence-electron chi connectivity index (χ0n) is 17.1. The Hall–Kier alpha value is -3.25. The van der Waals surface area contributed by atoms with Crippen LogP contribution in [-0.2, 0) is 22.6 Å². The first-order valence-electron chi connectivity index (χ1n) is 9.62. The number of aromatic hydroxyl groups is 1. The van der Waals surface area contributed by atoms with E-state index < -0.39 is 0 Å². The molecule has 1 aromatic carbocycles. The third kappa shape index (κ3) is 5.02. The van der Waals surface area contributed by atoms with Crippen molar-refractivity contribution in [2.24, 2.45) is 0 Å². The van der Waals surface area contributed by atoms with E-state index in [0.29, 0.717) is 30.1 Å². The highest BCUT2D eigenvalue weighted by molar-refractivity contribution is 5.72. The van der Waals surface area contributed by atoms with Gasteiger partial charge >= 0.3 is 0 Å². The van der Waals surface area contributed by atoms with Gasteiger partial charge in [-0.1, -0.05) is 12.1 Å². The number of hydrogen-bond donors (Lipinski definition) is 2. The summed E-state index contributed by atoms with van der Waals surface area (Å²) in [5.41, 5.74) is 3.69. The molecule has 30 heavy (non-hydrogen) atoms. The second-order valence-electron chi connectivity index (χ2n) is 6.76. The maximum Gasteiger partial charge on any atom is 0.223 e. The lowest BCUT2D eigenvalue weighted by molar-refractivity contribution is 0.185. The van der Waals surface area contributed by atoms with Gasteiger partial charge in [0.1, 0.15) is 0 Å². The summed E-state index contributed by atoms with van der Waals surface area (Å²) < 4.78 is 11.7. The molecule has 0 spiro atoms. The van der Waals surface area contributed by atoms with E-state index in [-0.39, 0.29) is 5.88 Å². The van der Waals surface area contributed by atoms with Crippen LogP contribution in [0.5, 0.6) is 5.88 Å². The Bertz CT molecular complexity index is 1010. The SMILES string of the molecule is COCCCNCc1ccc(-n2ncc(-c3ccc(C#N)cc3COC)c2O)nc1. The van der Waals surface area contributed by atoms with E-state index in [1.165, 1.54) is 4.68 Å². The molecule has 0 aliphatic carbocycles. The van der Waals surface area contributed by atoms with Gasteiger partial charge in [0.2, 0.25) is 5.88 Å². The maximum absolute atomic E-state index is 10.8. The minimum absolute atomic E-state index is 0.0185. The van der Waals surface area contributed by atoms with Crippen LogP contribution in [0, 0.1) is 11.3 Å². The molecule has 3 rings (SSSR count). The summed E-state index contributed by atoms with van der Waals surface area (Å²) in [5, 5.41) is 27.6. The number of methoxy groups -OCH3 is 2. The van der Waals surface area contributed by atoms with Gasteiger partial charge in [-0.05, 0) is 47.9 Å². The summed E-state index contributed by atoms with van der Waals surface area (Å²) in [7, 11) is 3.28. The fourth-order valence-electron chi connectivity index (χ4n) is 3.12. The van der Waals surface area contributed by atoms with Crippen LogP contribution in [0.3, 0.4) is 0 Å². The average molecular weight is 407 g/mol. The Morgan fingerprint density at radius 1 is 1.13 bits per heavy atom.